The van der Waals surface area contributed by atoms with Gasteiger partial charge in [-0.15, -0.1) is 0 Å². The summed E-state index contributed by atoms with van der Waals surface area (Å²) in [5, 5.41) is 2.79. The fourth-order valence-electron chi connectivity index (χ4n) is 5.83. The molecule has 4 aromatic carbocycles. The molecule has 0 heterocycles. The zero-order chi connectivity index (χ0) is 32.3. The largest absolute Gasteiger partial charge is 1.00 e. The molecule has 4 rings (SSSR count). The van der Waals surface area contributed by atoms with Gasteiger partial charge in [0.05, 0.1) is 9.79 Å². The van der Waals surface area contributed by atoms with Crippen molar-refractivity contribution in [1.82, 2.24) is 0 Å². The third-order valence-electron chi connectivity index (χ3n) is 8.05. The Morgan fingerprint density at radius 3 is 1.11 bits per heavy atom. The molecule has 0 amide bonds. The van der Waals surface area contributed by atoms with Gasteiger partial charge in [-0.3, -0.25) is 0 Å². The summed E-state index contributed by atoms with van der Waals surface area (Å²) in [4.78, 5) is 0.00954. The first kappa shape index (κ1) is 43.2. The Balaban J connectivity index is 0.000000441. The summed E-state index contributed by atoms with van der Waals surface area (Å²) >= 11 is 0. The van der Waals surface area contributed by atoms with E-state index in [0.29, 0.717) is 23.6 Å². The first-order valence-corrected chi connectivity index (χ1v) is 18.8. The summed E-state index contributed by atoms with van der Waals surface area (Å²) in [6.07, 6.45) is 10.7. The summed E-state index contributed by atoms with van der Waals surface area (Å²) in [7, 11) is -8.98. The van der Waals surface area contributed by atoms with E-state index in [-0.39, 0.29) is 68.9 Å². The van der Waals surface area contributed by atoms with E-state index in [0.717, 1.165) is 97.2 Å². The molecule has 0 unspecified atom stereocenters. The van der Waals surface area contributed by atoms with Crippen LogP contribution in [0.1, 0.15) is 101 Å². The normalized spacial score (nSPS) is 11.4. The Morgan fingerprint density at radius 1 is 0.500 bits per heavy atom. The summed E-state index contributed by atoms with van der Waals surface area (Å²) in [5.41, 5.74) is 3.51. The van der Waals surface area contributed by atoms with Crippen molar-refractivity contribution >= 4 is 41.8 Å². The fourth-order valence-corrected chi connectivity index (χ4v) is 7.81. The van der Waals surface area contributed by atoms with Gasteiger partial charge in [0.1, 0.15) is 20.2 Å². The Hall–Kier alpha value is -0.780. The van der Waals surface area contributed by atoms with E-state index in [4.69, 9.17) is 0 Å². The van der Waals surface area contributed by atoms with E-state index >= 15 is 0 Å². The monoisotopic (exact) mass is 684 g/mol. The van der Waals surface area contributed by atoms with Gasteiger partial charge in [-0.05, 0) is 95.2 Å². The molecule has 6 nitrogen and oxygen atoms in total. The number of aryl methyl sites for hydroxylation is 2. The van der Waals surface area contributed by atoms with Crippen molar-refractivity contribution in [2.24, 2.45) is 0 Å². The van der Waals surface area contributed by atoms with Gasteiger partial charge >= 0.3 is 59.1 Å². The molecule has 0 aromatic heterocycles. The Kier molecular flexibility index (Phi) is 19.4. The fraction of sp³-hybridized carbons (Fsp3) is 0.444. The van der Waals surface area contributed by atoms with E-state index in [1.165, 1.54) is 0 Å². The quantitative estimate of drug-likeness (QED) is 0.149. The molecule has 0 saturated carbocycles. The van der Waals surface area contributed by atoms with Crippen molar-refractivity contribution in [3.63, 3.8) is 0 Å². The molecule has 0 bridgehead atoms. The molecule has 0 radical (unpaired) electrons. The molecule has 0 aliphatic carbocycles. The summed E-state index contributed by atoms with van der Waals surface area (Å²) in [6.45, 7) is 8.35. The van der Waals surface area contributed by atoms with Crippen molar-refractivity contribution < 1.29 is 85.1 Å². The van der Waals surface area contributed by atoms with E-state index in [1.54, 1.807) is 24.3 Å². The van der Waals surface area contributed by atoms with Gasteiger partial charge in [0, 0.05) is 0 Å². The van der Waals surface area contributed by atoms with Crippen LogP contribution in [0.4, 0.5) is 0 Å². The Morgan fingerprint density at radius 2 is 0.804 bits per heavy atom. The van der Waals surface area contributed by atoms with Crippen LogP contribution in [0.15, 0.2) is 70.5 Å². The SMILES string of the molecule is CCCCc1cc2ccccc2c(S(=O)(=O)[O-])c1CCCC.CCCCc1cc2ccccc2c(S(=O)(=O)[O-])c1CCCC.[Na+].[Na+]. The zero-order valence-electron chi connectivity index (χ0n) is 28.5. The van der Waals surface area contributed by atoms with Crippen LogP contribution < -0.4 is 59.1 Å². The molecule has 0 N–H and O–H groups in total. The van der Waals surface area contributed by atoms with Gasteiger partial charge in [-0.1, -0.05) is 114 Å². The predicted octanol–water partition coefficient (Wildman–Crippen LogP) is 2.87. The molecule has 46 heavy (non-hydrogen) atoms. The molecular weight excluding hydrogens is 639 g/mol. The van der Waals surface area contributed by atoms with E-state index in [2.05, 4.69) is 39.8 Å². The number of hydrogen-bond donors (Lipinski definition) is 0. The van der Waals surface area contributed by atoms with Crippen LogP contribution in [-0.2, 0) is 45.9 Å². The van der Waals surface area contributed by atoms with Crippen molar-refractivity contribution in [1.29, 1.82) is 0 Å². The van der Waals surface area contributed by atoms with Crippen LogP contribution in [0.5, 0.6) is 0 Å². The van der Waals surface area contributed by atoms with Crippen molar-refractivity contribution in [3.8, 4) is 0 Å². The third-order valence-corrected chi connectivity index (χ3v) is 9.99. The minimum atomic E-state index is -4.49. The second-order valence-electron chi connectivity index (χ2n) is 11.5. The van der Waals surface area contributed by atoms with Gasteiger partial charge in [0.15, 0.2) is 0 Å². The van der Waals surface area contributed by atoms with E-state index < -0.39 is 20.2 Å². The molecule has 0 spiro atoms. The maximum Gasteiger partial charge on any atom is 1.00 e. The summed E-state index contributed by atoms with van der Waals surface area (Å²) < 4.78 is 71.4. The molecule has 0 aliphatic rings. The molecule has 0 saturated heterocycles. The average molecular weight is 685 g/mol. The number of rotatable bonds is 14. The van der Waals surface area contributed by atoms with Crippen molar-refractivity contribution in [3.05, 3.63) is 82.9 Å². The molecule has 240 valence electrons. The molecule has 10 heteroatoms. The number of hydrogen-bond acceptors (Lipinski definition) is 6. The summed E-state index contributed by atoms with van der Waals surface area (Å²) in [5.74, 6) is 0. The van der Waals surface area contributed by atoms with Crippen LogP contribution >= 0.6 is 0 Å². The van der Waals surface area contributed by atoms with E-state index in [1.807, 2.05) is 24.3 Å². The van der Waals surface area contributed by atoms with Crippen LogP contribution in [0.3, 0.4) is 0 Å². The molecular formula is C36H46Na2O6S2. The minimum Gasteiger partial charge on any atom is -0.744 e. The van der Waals surface area contributed by atoms with Gasteiger partial charge in [0.25, 0.3) is 0 Å². The van der Waals surface area contributed by atoms with Crippen LogP contribution in [0.2, 0.25) is 0 Å². The standard InChI is InChI=1S/2C18H24O3S.2Na/c2*1-3-5-9-14-13-15-10-7-8-12-17(15)18(22(19,20)21)16(14)11-6-4-2;;/h2*7-8,10,12-13H,3-6,9,11H2,1-2H3,(H,19,20,21);;/q;;2*+1/p-2. The predicted molar refractivity (Wildman–Crippen MR) is 178 cm³/mol. The second-order valence-corrected chi connectivity index (χ2v) is 14.1. The second kappa shape index (κ2) is 20.7. The van der Waals surface area contributed by atoms with Crippen molar-refractivity contribution in [2.75, 3.05) is 0 Å². The Labute approximate surface area is 321 Å². The molecule has 4 aromatic rings. The zero-order valence-corrected chi connectivity index (χ0v) is 34.2. The molecule has 0 fully saturated rings. The minimum absolute atomic E-state index is 0. The van der Waals surface area contributed by atoms with Gasteiger partial charge < -0.3 is 9.11 Å². The van der Waals surface area contributed by atoms with E-state index in [9.17, 15) is 25.9 Å². The van der Waals surface area contributed by atoms with Crippen LogP contribution in [0, 0.1) is 0 Å². The Bertz CT molecular complexity index is 1640. The summed E-state index contributed by atoms with van der Waals surface area (Å²) in [6, 6.07) is 18.7. The molecule has 0 atom stereocenters. The number of fused-ring (bicyclic) bond motifs is 2. The third kappa shape index (κ3) is 11.7. The number of unbranched alkanes of at least 4 members (excludes halogenated alkanes) is 4. The van der Waals surface area contributed by atoms with Crippen LogP contribution in [0.25, 0.3) is 21.5 Å². The van der Waals surface area contributed by atoms with Crippen molar-refractivity contribution in [2.45, 2.75) is 115 Å². The maximum atomic E-state index is 11.9. The molecule has 0 aliphatic heterocycles. The van der Waals surface area contributed by atoms with Gasteiger partial charge in [-0.25, -0.2) is 16.8 Å². The maximum absolute atomic E-state index is 11.9. The smallest absolute Gasteiger partial charge is 0.744 e. The van der Waals surface area contributed by atoms with Gasteiger partial charge in [-0.2, -0.15) is 0 Å². The number of benzene rings is 4. The van der Waals surface area contributed by atoms with Crippen LogP contribution in [-0.4, -0.2) is 25.9 Å². The average Bonchev–Trinajstić information content (AvgIpc) is 2.98. The first-order chi connectivity index (χ1) is 21.0. The topological polar surface area (TPSA) is 114 Å². The first-order valence-electron chi connectivity index (χ1n) is 16.0. The van der Waals surface area contributed by atoms with Gasteiger partial charge in [0.2, 0.25) is 0 Å².